The molecule has 0 spiro atoms. The zero-order chi connectivity index (χ0) is 32.7. The molecule has 0 atom stereocenters. The standard InChI is InChI=1S/C30H30F3N5O7/c1-29(2)14-23-25(24(39)15-29)26(30(31,32)33)36-37(23)18-7-12-21(27(34)40)22(13-18)35-16-3-8-19(9-4-16)44-28(41)45-20-10-5-17(6-11-20)38(42)43/h5-7,10-13,16,19,35H,3-4,8-9,14-15H2,1-2H3,(H2,34,40). The van der Waals surface area contributed by atoms with Crippen LogP contribution >= 0.6 is 0 Å². The highest BCUT2D eigenvalue weighted by Crippen LogP contribution is 2.42. The van der Waals surface area contributed by atoms with Gasteiger partial charge in [0.15, 0.2) is 11.5 Å². The number of nitrogens with one attached hydrogen (secondary N) is 1. The second-order valence-corrected chi connectivity index (χ2v) is 12.0. The van der Waals surface area contributed by atoms with Crippen LogP contribution in [-0.4, -0.2) is 44.7 Å². The van der Waals surface area contributed by atoms with Gasteiger partial charge >= 0.3 is 12.3 Å². The lowest BCUT2D eigenvalue weighted by atomic mass is 9.75. The van der Waals surface area contributed by atoms with Gasteiger partial charge < -0.3 is 20.5 Å². The Morgan fingerprint density at radius 1 is 1.09 bits per heavy atom. The Morgan fingerprint density at radius 2 is 1.76 bits per heavy atom. The number of benzene rings is 2. The number of rotatable bonds is 7. The second-order valence-electron chi connectivity index (χ2n) is 12.0. The maximum Gasteiger partial charge on any atom is 0.514 e. The molecule has 12 nitrogen and oxygen atoms in total. The van der Waals surface area contributed by atoms with Crippen molar-refractivity contribution in [3.8, 4) is 11.4 Å². The number of alkyl halides is 3. The summed E-state index contributed by atoms with van der Waals surface area (Å²) in [5, 5.41) is 17.9. The van der Waals surface area contributed by atoms with E-state index in [2.05, 4.69) is 10.4 Å². The van der Waals surface area contributed by atoms with Crippen molar-refractivity contribution in [1.82, 2.24) is 9.78 Å². The summed E-state index contributed by atoms with van der Waals surface area (Å²) in [6, 6.07) is 9.10. The molecule has 45 heavy (non-hydrogen) atoms. The Balaban J connectivity index is 1.30. The van der Waals surface area contributed by atoms with Crippen LogP contribution in [0.4, 0.5) is 29.3 Å². The Kier molecular flexibility index (Phi) is 8.29. The number of non-ortho nitro benzene ring substituents is 1. The molecule has 0 saturated heterocycles. The SMILES string of the molecule is CC1(C)CC(=O)c2c(C(F)(F)F)nn(-c3ccc(C(N)=O)c(NC4CCC(OC(=O)Oc5ccc([N+](=O)[O-])cc5)CC4)c3)c2C1. The van der Waals surface area contributed by atoms with E-state index in [0.29, 0.717) is 31.4 Å². The maximum atomic E-state index is 13.9. The summed E-state index contributed by atoms with van der Waals surface area (Å²) in [5.41, 5.74) is 4.00. The van der Waals surface area contributed by atoms with Crippen LogP contribution in [0.1, 0.15) is 78.1 Å². The number of nitro groups is 1. The summed E-state index contributed by atoms with van der Waals surface area (Å²) in [7, 11) is 0. The number of anilines is 1. The van der Waals surface area contributed by atoms with Crippen LogP contribution in [0.5, 0.6) is 5.75 Å². The van der Waals surface area contributed by atoms with Crippen molar-refractivity contribution in [3.05, 3.63) is 75.1 Å². The molecule has 1 saturated carbocycles. The number of halogens is 3. The number of aromatic nitrogens is 2. The first-order valence-electron chi connectivity index (χ1n) is 14.2. The summed E-state index contributed by atoms with van der Waals surface area (Å²) in [6.07, 6.45) is -4.20. The van der Waals surface area contributed by atoms with E-state index in [4.69, 9.17) is 15.2 Å². The molecule has 2 aromatic carbocycles. The minimum absolute atomic E-state index is 0.0383. The Hall–Kier alpha value is -4.95. The fourth-order valence-corrected chi connectivity index (χ4v) is 5.80. The molecule has 1 amide bonds. The van der Waals surface area contributed by atoms with Crippen molar-refractivity contribution in [2.45, 2.75) is 70.7 Å². The Morgan fingerprint density at radius 3 is 2.36 bits per heavy atom. The molecule has 0 bridgehead atoms. The van der Waals surface area contributed by atoms with Crippen molar-refractivity contribution in [3.63, 3.8) is 0 Å². The smallest absolute Gasteiger partial charge is 0.431 e. The number of fused-ring (bicyclic) bond motifs is 1. The number of nitrogens with zero attached hydrogens (tertiary/aromatic N) is 3. The number of primary amides is 1. The first-order valence-corrected chi connectivity index (χ1v) is 14.2. The third-order valence-corrected chi connectivity index (χ3v) is 7.87. The molecule has 2 aliphatic rings. The summed E-state index contributed by atoms with van der Waals surface area (Å²) in [5.74, 6) is -1.28. The van der Waals surface area contributed by atoms with E-state index >= 15 is 0 Å². The topological polar surface area (TPSA) is 169 Å². The number of nitro benzene ring substituents is 1. The molecule has 2 aliphatic carbocycles. The number of carbonyl (C=O) groups is 3. The Bertz CT molecular complexity index is 1660. The first-order chi connectivity index (χ1) is 21.1. The minimum Gasteiger partial charge on any atom is -0.431 e. The zero-order valence-electron chi connectivity index (χ0n) is 24.3. The lowest BCUT2D eigenvalue weighted by Crippen LogP contribution is -2.32. The van der Waals surface area contributed by atoms with E-state index in [1.807, 2.05) is 0 Å². The average Bonchev–Trinajstić information content (AvgIpc) is 3.33. The number of Topliss-reactive ketones (excluding diaryl/α,β-unsaturated/α-hetero) is 1. The number of hydrogen-bond acceptors (Lipinski definition) is 9. The van der Waals surface area contributed by atoms with Crippen molar-refractivity contribution < 1.29 is 42.0 Å². The second kappa shape index (κ2) is 11.9. The molecule has 5 rings (SSSR count). The largest absolute Gasteiger partial charge is 0.514 e. The predicted molar refractivity (Wildman–Crippen MR) is 153 cm³/mol. The van der Waals surface area contributed by atoms with Gasteiger partial charge in [0.25, 0.3) is 11.6 Å². The molecular weight excluding hydrogens is 599 g/mol. The Labute approximate surface area is 254 Å². The number of hydrogen-bond donors (Lipinski definition) is 2. The summed E-state index contributed by atoms with van der Waals surface area (Å²) in [4.78, 5) is 47.5. The molecule has 0 radical (unpaired) electrons. The van der Waals surface area contributed by atoms with Crippen molar-refractivity contribution >= 4 is 29.2 Å². The fraction of sp³-hybridized carbons (Fsp3) is 0.400. The number of ether oxygens (including phenoxy) is 2. The number of ketones is 1. The number of carbonyl (C=O) groups excluding carboxylic acids is 3. The predicted octanol–water partition coefficient (Wildman–Crippen LogP) is 5.99. The van der Waals surface area contributed by atoms with Crippen LogP contribution in [0.2, 0.25) is 0 Å². The summed E-state index contributed by atoms with van der Waals surface area (Å²) < 4.78 is 53.4. The van der Waals surface area contributed by atoms with Crippen LogP contribution in [0, 0.1) is 15.5 Å². The fourth-order valence-electron chi connectivity index (χ4n) is 5.80. The third-order valence-electron chi connectivity index (χ3n) is 7.87. The monoisotopic (exact) mass is 629 g/mol. The molecule has 3 N–H and O–H groups in total. The van der Waals surface area contributed by atoms with E-state index in [0.717, 1.165) is 4.68 Å². The molecule has 15 heteroatoms. The molecule has 238 valence electrons. The van der Waals surface area contributed by atoms with E-state index < -0.39 is 51.7 Å². The molecule has 1 heterocycles. The van der Waals surface area contributed by atoms with Gasteiger partial charge in [-0.15, -0.1) is 0 Å². The van der Waals surface area contributed by atoms with Gasteiger partial charge in [-0.3, -0.25) is 19.7 Å². The van der Waals surface area contributed by atoms with Crippen LogP contribution in [0.25, 0.3) is 5.69 Å². The minimum atomic E-state index is -4.84. The molecule has 0 aliphatic heterocycles. The van der Waals surface area contributed by atoms with Gasteiger partial charge in [-0.05, 0) is 67.9 Å². The van der Waals surface area contributed by atoms with Gasteiger partial charge in [0.2, 0.25) is 0 Å². The quantitative estimate of drug-likeness (QED) is 0.138. The average molecular weight is 630 g/mol. The van der Waals surface area contributed by atoms with Crippen LogP contribution < -0.4 is 15.8 Å². The van der Waals surface area contributed by atoms with Crippen LogP contribution in [0.15, 0.2) is 42.5 Å². The van der Waals surface area contributed by atoms with E-state index in [-0.39, 0.29) is 47.3 Å². The van der Waals surface area contributed by atoms with E-state index in [1.54, 1.807) is 13.8 Å². The van der Waals surface area contributed by atoms with Crippen molar-refractivity contribution in [2.24, 2.45) is 11.1 Å². The number of amides is 1. The van der Waals surface area contributed by atoms with Gasteiger partial charge in [0.05, 0.1) is 27.4 Å². The molecule has 1 fully saturated rings. The summed E-state index contributed by atoms with van der Waals surface area (Å²) in [6.45, 7) is 3.61. The van der Waals surface area contributed by atoms with Crippen LogP contribution in [0.3, 0.4) is 0 Å². The summed E-state index contributed by atoms with van der Waals surface area (Å²) >= 11 is 0. The lowest BCUT2D eigenvalue weighted by Gasteiger charge is -2.30. The van der Waals surface area contributed by atoms with Gasteiger partial charge in [-0.2, -0.15) is 18.3 Å². The van der Waals surface area contributed by atoms with Crippen molar-refractivity contribution in [2.75, 3.05) is 5.32 Å². The van der Waals surface area contributed by atoms with Gasteiger partial charge in [-0.1, -0.05) is 13.8 Å². The zero-order valence-corrected chi connectivity index (χ0v) is 24.3. The lowest BCUT2D eigenvalue weighted by molar-refractivity contribution is -0.384. The van der Waals surface area contributed by atoms with Gasteiger partial charge in [0.1, 0.15) is 11.9 Å². The molecule has 1 aromatic heterocycles. The third kappa shape index (κ3) is 6.91. The van der Waals surface area contributed by atoms with E-state index in [9.17, 15) is 37.7 Å². The highest BCUT2D eigenvalue weighted by molar-refractivity contribution is 6.00. The van der Waals surface area contributed by atoms with Crippen molar-refractivity contribution in [1.29, 1.82) is 0 Å². The van der Waals surface area contributed by atoms with E-state index in [1.165, 1.54) is 42.5 Å². The first kappa shape index (κ1) is 31.5. The van der Waals surface area contributed by atoms with Gasteiger partial charge in [-0.25, -0.2) is 9.48 Å². The highest BCUT2D eigenvalue weighted by Gasteiger charge is 2.45. The van der Waals surface area contributed by atoms with Crippen LogP contribution in [-0.2, 0) is 17.3 Å². The molecular formula is C30H30F3N5O7. The maximum absolute atomic E-state index is 13.9. The molecule has 3 aromatic rings. The van der Waals surface area contributed by atoms with Gasteiger partial charge in [0, 0.05) is 30.3 Å². The highest BCUT2D eigenvalue weighted by atomic mass is 19.4. The number of nitrogens with two attached hydrogens (primary N) is 1. The molecule has 0 unspecified atom stereocenters. The normalized spacial score (nSPS) is 19.4.